The van der Waals surface area contributed by atoms with Crippen LogP contribution >= 0.6 is 0 Å². The third-order valence-corrected chi connectivity index (χ3v) is 4.80. The van der Waals surface area contributed by atoms with Crippen molar-refractivity contribution in [2.75, 3.05) is 34.3 Å². The molecule has 6 heteroatoms. The molecule has 0 spiro atoms. The van der Waals surface area contributed by atoms with E-state index in [4.69, 9.17) is 9.72 Å². The molecule has 1 heterocycles. The largest absolute Gasteiger partial charge is 0.497 e. The van der Waals surface area contributed by atoms with Crippen LogP contribution in [-0.2, 0) is 0 Å². The highest BCUT2D eigenvalue weighted by molar-refractivity contribution is 5.77. The Morgan fingerprint density at radius 1 is 1.14 bits per heavy atom. The Morgan fingerprint density at radius 3 is 2.50 bits per heavy atom. The average molecular weight is 380 g/mol. The maximum absolute atomic E-state index is 13.4. The van der Waals surface area contributed by atoms with E-state index in [9.17, 15) is 4.79 Å². The summed E-state index contributed by atoms with van der Waals surface area (Å²) in [6, 6.07) is 15.0. The van der Waals surface area contributed by atoms with Crippen LogP contribution < -0.4 is 15.6 Å². The number of ether oxygens (including phenoxy) is 1. The molecule has 1 unspecified atom stereocenters. The van der Waals surface area contributed by atoms with Gasteiger partial charge in [0.2, 0.25) is 0 Å². The van der Waals surface area contributed by atoms with Crippen LogP contribution in [0.3, 0.4) is 0 Å². The number of benzene rings is 2. The Hall–Kier alpha value is -2.70. The van der Waals surface area contributed by atoms with Crippen LogP contribution in [0.2, 0.25) is 0 Å². The predicted octanol–water partition coefficient (Wildman–Crippen LogP) is 3.00. The van der Waals surface area contributed by atoms with Gasteiger partial charge in [0, 0.05) is 13.1 Å². The van der Waals surface area contributed by atoms with Gasteiger partial charge in [0.15, 0.2) is 0 Å². The zero-order valence-electron chi connectivity index (χ0n) is 17.0. The lowest BCUT2D eigenvalue weighted by atomic mass is 10.1. The maximum atomic E-state index is 13.4. The molecule has 3 aromatic rings. The molecular weight excluding hydrogens is 352 g/mol. The Bertz CT molecular complexity index is 980. The first kappa shape index (κ1) is 20.0. The molecule has 1 aromatic heterocycles. The van der Waals surface area contributed by atoms with Crippen molar-refractivity contribution in [3.63, 3.8) is 0 Å². The molecule has 0 saturated carbocycles. The van der Waals surface area contributed by atoms with Gasteiger partial charge in [-0.25, -0.2) is 4.98 Å². The van der Waals surface area contributed by atoms with E-state index in [-0.39, 0.29) is 11.6 Å². The summed E-state index contributed by atoms with van der Waals surface area (Å²) in [5.74, 6) is 1.48. The maximum Gasteiger partial charge on any atom is 0.266 e. The van der Waals surface area contributed by atoms with E-state index >= 15 is 0 Å². The van der Waals surface area contributed by atoms with Crippen molar-refractivity contribution in [1.82, 2.24) is 19.8 Å². The van der Waals surface area contributed by atoms with Crippen molar-refractivity contribution in [2.45, 2.75) is 19.4 Å². The summed E-state index contributed by atoms with van der Waals surface area (Å²) in [4.78, 5) is 20.4. The van der Waals surface area contributed by atoms with Crippen molar-refractivity contribution in [3.05, 3.63) is 64.7 Å². The zero-order chi connectivity index (χ0) is 20.1. The standard InChI is InChI=1S/C22H28N4O2/c1-5-19(23-14-15-25(2)3)21-24-20-9-7-6-8-18(20)22(27)26(21)16-10-12-17(28-4)13-11-16/h6-13,19,23H,5,14-15H2,1-4H3. The number of fused-ring (bicyclic) bond motifs is 1. The lowest BCUT2D eigenvalue weighted by Gasteiger charge is -2.22. The number of para-hydroxylation sites is 1. The number of nitrogens with one attached hydrogen (secondary N) is 1. The Balaban J connectivity index is 2.14. The molecule has 0 bridgehead atoms. The molecule has 1 atom stereocenters. The number of rotatable bonds is 8. The van der Waals surface area contributed by atoms with E-state index < -0.39 is 0 Å². The smallest absolute Gasteiger partial charge is 0.266 e. The third kappa shape index (κ3) is 4.24. The fraction of sp³-hybridized carbons (Fsp3) is 0.364. The van der Waals surface area contributed by atoms with E-state index in [1.807, 2.05) is 62.6 Å². The summed E-state index contributed by atoms with van der Waals surface area (Å²) in [5, 5.41) is 4.17. The monoisotopic (exact) mass is 380 g/mol. The van der Waals surface area contributed by atoms with Crippen molar-refractivity contribution >= 4 is 10.9 Å². The lowest BCUT2D eigenvalue weighted by molar-refractivity contribution is 0.376. The van der Waals surface area contributed by atoms with Crippen LogP contribution in [0.15, 0.2) is 53.3 Å². The summed E-state index contributed by atoms with van der Waals surface area (Å²) in [6.45, 7) is 3.83. The molecule has 0 amide bonds. The summed E-state index contributed by atoms with van der Waals surface area (Å²) >= 11 is 0. The van der Waals surface area contributed by atoms with Gasteiger partial charge in [-0.15, -0.1) is 0 Å². The minimum absolute atomic E-state index is 0.0284. The summed E-state index contributed by atoms with van der Waals surface area (Å²) in [5.41, 5.74) is 1.45. The third-order valence-electron chi connectivity index (χ3n) is 4.80. The molecule has 0 aliphatic carbocycles. The van der Waals surface area contributed by atoms with Crippen LogP contribution in [0, 0.1) is 0 Å². The van der Waals surface area contributed by atoms with Gasteiger partial charge in [0.1, 0.15) is 11.6 Å². The van der Waals surface area contributed by atoms with E-state index in [0.717, 1.165) is 42.3 Å². The second-order valence-corrected chi connectivity index (χ2v) is 7.04. The summed E-state index contributed by atoms with van der Waals surface area (Å²) in [6.07, 6.45) is 0.828. The van der Waals surface area contributed by atoms with Gasteiger partial charge in [-0.05, 0) is 56.9 Å². The van der Waals surface area contributed by atoms with Gasteiger partial charge in [0.05, 0.1) is 29.7 Å². The first-order chi connectivity index (χ1) is 13.5. The molecule has 0 saturated heterocycles. The van der Waals surface area contributed by atoms with Gasteiger partial charge < -0.3 is 15.0 Å². The number of methoxy groups -OCH3 is 1. The van der Waals surface area contributed by atoms with Crippen LogP contribution in [0.5, 0.6) is 5.75 Å². The second-order valence-electron chi connectivity index (χ2n) is 7.04. The Morgan fingerprint density at radius 2 is 1.86 bits per heavy atom. The van der Waals surface area contributed by atoms with Crippen molar-refractivity contribution in [1.29, 1.82) is 0 Å². The van der Waals surface area contributed by atoms with Gasteiger partial charge >= 0.3 is 0 Å². The quantitative estimate of drug-likeness (QED) is 0.651. The predicted molar refractivity (Wildman–Crippen MR) is 113 cm³/mol. The first-order valence-corrected chi connectivity index (χ1v) is 9.59. The van der Waals surface area contributed by atoms with E-state index in [0.29, 0.717) is 5.39 Å². The number of likely N-dealkylation sites (N-methyl/N-ethyl adjacent to an activating group) is 1. The highest BCUT2D eigenvalue weighted by Crippen LogP contribution is 2.21. The van der Waals surface area contributed by atoms with E-state index in [1.54, 1.807) is 11.7 Å². The number of hydrogen-bond acceptors (Lipinski definition) is 5. The minimum atomic E-state index is -0.0568. The molecular formula is C22H28N4O2. The van der Waals surface area contributed by atoms with Gasteiger partial charge in [-0.2, -0.15) is 0 Å². The van der Waals surface area contributed by atoms with Crippen LogP contribution in [0.25, 0.3) is 16.6 Å². The zero-order valence-corrected chi connectivity index (χ0v) is 17.0. The SMILES string of the molecule is CCC(NCCN(C)C)c1nc2ccccc2c(=O)n1-c1ccc(OC)cc1. The molecule has 148 valence electrons. The van der Waals surface area contributed by atoms with E-state index in [2.05, 4.69) is 17.1 Å². The fourth-order valence-corrected chi connectivity index (χ4v) is 3.25. The normalized spacial score (nSPS) is 12.5. The van der Waals surface area contributed by atoms with Gasteiger partial charge in [-0.1, -0.05) is 19.1 Å². The van der Waals surface area contributed by atoms with Crippen molar-refractivity contribution in [2.24, 2.45) is 0 Å². The molecule has 0 radical (unpaired) electrons. The molecule has 28 heavy (non-hydrogen) atoms. The summed E-state index contributed by atoms with van der Waals surface area (Å²) < 4.78 is 6.98. The average Bonchev–Trinajstić information content (AvgIpc) is 2.71. The highest BCUT2D eigenvalue weighted by atomic mass is 16.5. The van der Waals surface area contributed by atoms with Gasteiger partial charge in [0.25, 0.3) is 5.56 Å². The van der Waals surface area contributed by atoms with Crippen molar-refractivity contribution in [3.8, 4) is 11.4 Å². The minimum Gasteiger partial charge on any atom is -0.497 e. The molecule has 1 N–H and O–H groups in total. The first-order valence-electron chi connectivity index (χ1n) is 9.59. The topological polar surface area (TPSA) is 59.4 Å². The second kappa shape index (κ2) is 8.99. The molecule has 2 aromatic carbocycles. The Labute approximate surface area is 165 Å². The molecule has 0 aliphatic heterocycles. The van der Waals surface area contributed by atoms with Crippen LogP contribution in [-0.4, -0.2) is 48.7 Å². The molecule has 3 rings (SSSR count). The number of aromatic nitrogens is 2. The van der Waals surface area contributed by atoms with Crippen LogP contribution in [0.4, 0.5) is 0 Å². The molecule has 0 aliphatic rings. The van der Waals surface area contributed by atoms with Crippen molar-refractivity contribution < 1.29 is 4.74 Å². The summed E-state index contributed by atoms with van der Waals surface area (Å²) in [7, 11) is 5.72. The number of hydrogen-bond donors (Lipinski definition) is 1. The molecule has 6 nitrogen and oxygen atoms in total. The lowest BCUT2D eigenvalue weighted by Crippen LogP contribution is -2.34. The van der Waals surface area contributed by atoms with Crippen LogP contribution in [0.1, 0.15) is 25.2 Å². The highest BCUT2D eigenvalue weighted by Gasteiger charge is 2.19. The molecule has 0 fully saturated rings. The Kier molecular flexibility index (Phi) is 6.44. The number of nitrogens with zero attached hydrogens (tertiary/aromatic N) is 3. The van der Waals surface area contributed by atoms with E-state index in [1.165, 1.54) is 0 Å². The fourth-order valence-electron chi connectivity index (χ4n) is 3.25. The van der Waals surface area contributed by atoms with Gasteiger partial charge in [-0.3, -0.25) is 9.36 Å².